The van der Waals surface area contributed by atoms with E-state index in [2.05, 4.69) is 10.2 Å². The average Bonchev–Trinajstić information content (AvgIpc) is 3.21. The van der Waals surface area contributed by atoms with E-state index in [0.29, 0.717) is 23.1 Å². The maximum Gasteiger partial charge on any atom is 0.200 e. The molecule has 4 aliphatic carbocycles. The van der Waals surface area contributed by atoms with Crippen LogP contribution < -0.4 is 0 Å². The number of rotatable bonds is 5. The highest BCUT2D eigenvalue weighted by atomic mass is 32.2. The van der Waals surface area contributed by atoms with Crippen LogP contribution in [0, 0.1) is 23.2 Å². The van der Waals surface area contributed by atoms with E-state index >= 15 is 0 Å². The third-order valence-electron chi connectivity index (χ3n) is 6.54. The SMILES string of the molecule is Cn1c(SCC(=O)C23CC4CC(CC(C4)C2)C3)nnc1-c1ccco1. The largest absolute Gasteiger partial charge is 0.461 e. The van der Waals surface area contributed by atoms with Gasteiger partial charge >= 0.3 is 0 Å². The van der Waals surface area contributed by atoms with E-state index in [9.17, 15) is 4.79 Å². The first-order chi connectivity index (χ1) is 12.1. The van der Waals surface area contributed by atoms with Gasteiger partial charge in [0, 0.05) is 12.5 Å². The lowest BCUT2D eigenvalue weighted by atomic mass is 9.48. The zero-order valence-electron chi connectivity index (χ0n) is 14.5. The Bertz CT molecular complexity index is 760. The molecule has 4 fully saturated rings. The highest BCUT2D eigenvalue weighted by molar-refractivity contribution is 7.99. The normalized spacial score (nSPS) is 33.1. The number of carbonyl (C=O) groups is 1. The van der Waals surface area contributed by atoms with E-state index in [0.717, 1.165) is 42.2 Å². The number of hydrogen-bond donors (Lipinski definition) is 0. The van der Waals surface area contributed by atoms with E-state index < -0.39 is 0 Å². The Morgan fingerprint density at radius 2 is 1.92 bits per heavy atom. The van der Waals surface area contributed by atoms with Crippen LogP contribution in [0.5, 0.6) is 0 Å². The maximum atomic E-state index is 13.1. The molecule has 0 aromatic carbocycles. The van der Waals surface area contributed by atoms with Crippen molar-refractivity contribution in [2.24, 2.45) is 30.2 Å². The summed E-state index contributed by atoms with van der Waals surface area (Å²) in [4.78, 5) is 13.1. The summed E-state index contributed by atoms with van der Waals surface area (Å²) in [6.07, 6.45) is 9.15. The van der Waals surface area contributed by atoms with Crippen LogP contribution in [-0.4, -0.2) is 26.3 Å². The zero-order valence-corrected chi connectivity index (χ0v) is 15.3. The van der Waals surface area contributed by atoms with Gasteiger partial charge in [0.1, 0.15) is 5.78 Å². The second kappa shape index (κ2) is 5.73. The minimum atomic E-state index is -0.0236. The number of furan rings is 1. The fourth-order valence-corrected chi connectivity index (χ4v) is 6.74. The molecule has 0 unspecified atom stereocenters. The van der Waals surface area contributed by atoms with Gasteiger partial charge in [-0.25, -0.2) is 0 Å². The van der Waals surface area contributed by atoms with Crippen molar-refractivity contribution in [1.29, 1.82) is 0 Å². The molecule has 0 atom stereocenters. The molecule has 4 aliphatic rings. The lowest BCUT2D eigenvalue weighted by molar-refractivity contribution is -0.141. The van der Waals surface area contributed by atoms with Crippen molar-refractivity contribution in [3.63, 3.8) is 0 Å². The highest BCUT2D eigenvalue weighted by Crippen LogP contribution is 2.60. The van der Waals surface area contributed by atoms with E-state index in [1.165, 1.54) is 31.0 Å². The van der Waals surface area contributed by atoms with Gasteiger partial charge in [-0.3, -0.25) is 4.79 Å². The van der Waals surface area contributed by atoms with E-state index in [4.69, 9.17) is 4.42 Å². The molecule has 0 saturated heterocycles. The summed E-state index contributed by atoms with van der Waals surface area (Å²) in [6.45, 7) is 0. The summed E-state index contributed by atoms with van der Waals surface area (Å²) in [5.41, 5.74) is -0.0236. The van der Waals surface area contributed by atoms with Crippen LogP contribution in [0.25, 0.3) is 11.6 Å². The van der Waals surface area contributed by atoms with Crippen molar-refractivity contribution >= 4 is 17.5 Å². The third-order valence-corrected chi connectivity index (χ3v) is 7.56. The molecule has 0 aliphatic heterocycles. The molecule has 0 spiro atoms. The number of aromatic nitrogens is 3. The summed E-state index contributed by atoms with van der Waals surface area (Å²) >= 11 is 1.52. The van der Waals surface area contributed by atoms with Crippen LogP contribution in [0.2, 0.25) is 0 Å². The Kier molecular flexibility index (Phi) is 3.59. The average molecular weight is 357 g/mol. The van der Waals surface area contributed by atoms with Crippen LogP contribution in [0.1, 0.15) is 38.5 Å². The molecule has 2 aromatic rings. The number of ketones is 1. The molecule has 132 valence electrons. The number of nitrogens with zero attached hydrogens (tertiary/aromatic N) is 3. The zero-order chi connectivity index (χ0) is 17.0. The van der Waals surface area contributed by atoms with Crippen molar-refractivity contribution in [1.82, 2.24) is 14.8 Å². The van der Waals surface area contributed by atoms with Crippen molar-refractivity contribution in [3.8, 4) is 11.6 Å². The molecular weight excluding hydrogens is 334 g/mol. The van der Waals surface area contributed by atoms with Gasteiger partial charge in [0.2, 0.25) is 0 Å². The van der Waals surface area contributed by atoms with Crippen molar-refractivity contribution in [2.75, 3.05) is 5.75 Å². The summed E-state index contributed by atoms with van der Waals surface area (Å²) in [5, 5.41) is 9.25. The van der Waals surface area contributed by atoms with Crippen LogP contribution in [-0.2, 0) is 11.8 Å². The summed E-state index contributed by atoms with van der Waals surface area (Å²) in [6, 6.07) is 3.71. The fraction of sp³-hybridized carbons (Fsp3) is 0.632. The summed E-state index contributed by atoms with van der Waals surface area (Å²) in [5.74, 6) is 4.78. The Morgan fingerprint density at radius 1 is 1.24 bits per heavy atom. The van der Waals surface area contributed by atoms with Gasteiger partial charge in [-0.15, -0.1) is 10.2 Å². The summed E-state index contributed by atoms with van der Waals surface area (Å²) < 4.78 is 7.32. The van der Waals surface area contributed by atoms with E-state index in [1.54, 1.807) is 6.26 Å². The topological polar surface area (TPSA) is 60.9 Å². The van der Waals surface area contributed by atoms with Crippen LogP contribution in [0.3, 0.4) is 0 Å². The van der Waals surface area contributed by atoms with Gasteiger partial charge in [0.15, 0.2) is 16.7 Å². The number of thioether (sulfide) groups is 1. The molecule has 2 aromatic heterocycles. The Morgan fingerprint density at radius 3 is 2.52 bits per heavy atom. The van der Waals surface area contributed by atoms with Gasteiger partial charge in [-0.1, -0.05) is 11.8 Å². The molecular formula is C19H23N3O2S. The molecule has 0 amide bonds. The first-order valence-electron chi connectivity index (χ1n) is 9.22. The van der Waals surface area contributed by atoms with Gasteiger partial charge in [0.25, 0.3) is 0 Å². The van der Waals surface area contributed by atoms with E-state index in [1.807, 2.05) is 23.7 Å². The standard InChI is InChI=1S/C19H23N3O2S/c1-22-17(15-3-2-4-24-15)20-21-18(22)25-11-16(23)19-8-12-5-13(9-19)7-14(6-12)10-19/h2-4,12-14H,5-11H2,1H3. The maximum absolute atomic E-state index is 13.1. The molecule has 2 heterocycles. The van der Waals surface area contributed by atoms with E-state index in [-0.39, 0.29) is 5.41 Å². The first-order valence-corrected chi connectivity index (χ1v) is 10.2. The van der Waals surface area contributed by atoms with Crippen LogP contribution in [0.15, 0.2) is 28.0 Å². The molecule has 6 heteroatoms. The number of Topliss-reactive ketones (excluding diaryl/α,β-unsaturated/α-hetero) is 1. The van der Waals surface area contributed by atoms with Gasteiger partial charge in [0.05, 0.1) is 12.0 Å². The fourth-order valence-electron chi connectivity index (χ4n) is 5.80. The molecule has 0 radical (unpaired) electrons. The van der Waals surface area contributed by atoms with Crippen molar-refractivity contribution < 1.29 is 9.21 Å². The monoisotopic (exact) mass is 357 g/mol. The lowest BCUT2D eigenvalue weighted by Crippen LogP contribution is -2.50. The van der Waals surface area contributed by atoms with Gasteiger partial charge < -0.3 is 8.98 Å². The second-order valence-electron chi connectivity index (χ2n) is 8.25. The quantitative estimate of drug-likeness (QED) is 0.758. The minimum absolute atomic E-state index is 0.0236. The predicted molar refractivity (Wildman–Crippen MR) is 95.0 cm³/mol. The van der Waals surface area contributed by atoms with Gasteiger partial charge in [-0.2, -0.15) is 0 Å². The molecule has 25 heavy (non-hydrogen) atoms. The number of hydrogen-bond acceptors (Lipinski definition) is 5. The molecule has 4 saturated carbocycles. The Labute approximate surface area is 151 Å². The molecule has 4 bridgehead atoms. The number of carbonyl (C=O) groups excluding carboxylic acids is 1. The molecule has 0 N–H and O–H groups in total. The molecule has 6 rings (SSSR count). The van der Waals surface area contributed by atoms with Gasteiger partial charge in [-0.05, 0) is 68.4 Å². The second-order valence-corrected chi connectivity index (χ2v) is 9.19. The lowest BCUT2D eigenvalue weighted by Gasteiger charge is -2.56. The predicted octanol–water partition coefficient (Wildman–Crippen LogP) is 3.95. The van der Waals surface area contributed by atoms with Crippen molar-refractivity contribution in [3.05, 3.63) is 18.4 Å². The van der Waals surface area contributed by atoms with Crippen LogP contribution >= 0.6 is 11.8 Å². The molecule has 5 nitrogen and oxygen atoms in total. The smallest absolute Gasteiger partial charge is 0.200 e. The Balaban J connectivity index is 1.30. The first kappa shape index (κ1) is 15.7. The Hall–Kier alpha value is -1.56. The summed E-state index contributed by atoms with van der Waals surface area (Å²) in [7, 11) is 1.93. The minimum Gasteiger partial charge on any atom is -0.461 e. The van der Waals surface area contributed by atoms with Crippen molar-refractivity contribution in [2.45, 2.75) is 43.7 Å². The van der Waals surface area contributed by atoms with Crippen LogP contribution in [0.4, 0.5) is 0 Å². The third kappa shape index (κ3) is 2.57. The highest BCUT2D eigenvalue weighted by Gasteiger charge is 2.54.